The Hall–Kier alpha value is -2.90. The molecule has 8 heteroatoms. The van der Waals surface area contributed by atoms with Gasteiger partial charge in [0.2, 0.25) is 0 Å². The molecule has 0 unspecified atom stereocenters. The van der Waals surface area contributed by atoms with E-state index in [0.29, 0.717) is 30.3 Å². The van der Waals surface area contributed by atoms with Gasteiger partial charge in [-0.15, -0.1) is 0 Å². The van der Waals surface area contributed by atoms with Crippen molar-refractivity contribution in [1.29, 1.82) is 5.26 Å². The monoisotopic (exact) mass is 620 g/mol. The number of amides is 1. The number of rotatable bonds is 8. The zero-order valence-electron chi connectivity index (χ0n) is 17.6. The molecular formula is C25H19BrFIN2O3. The van der Waals surface area contributed by atoms with Crippen molar-refractivity contribution in [2.45, 2.75) is 13.5 Å². The molecule has 0 atom stereocenters. The van der Waals surface area contributed by atoms with Crippen LogP contribution in [0.2, 0.25) is 0 Å². The Kier molecular flexibility index (Phi) is 8.86. The van der Waals surface area contributed by atoms with Crippen LogP contribution in [0.3, 0.4) is 0 Å². The van der Waals surface area contributed by atoms with Crippen LogP contribution >= 0.6 is 38.5 Å². The third kappa shape index (κ3) is 6.79. The Morgan fingerprint density at radius 2 is 1.91 bits per heavy atom. The summed E-state index contributed by atoms with van der Waals surface area (Å²) in [6.45, 7) is 2.63. The van der Waals surface area contributed by atoms with Crippen molar-refractivity contribution in [1.82, 2.24) is 0 Å². The van der Waals surface area contributed by atoms with Crippen LogP contribution < -0.4 is 14.8 Å². The van der Waals surface area contributed by atoms with Gasteiger partial charge in [-0.05, 0) is 83.1 Å². The van der Waals surface area contributed by atoms with Crippen molar-refractivity contribution in [3.63, 3.8) is 0 Å². The van der Waals surface area contributed by atoms with Gasteiger partial charge in [0.15, 0.2) is 11.5 Å². The van der Waals surface area contributed by atoms with E-state index in [1.54, 1.807) is 18.2 Å². The second-order valence-electron chi connectivity index (χ2n) is 6.78. The summed E-state index contributed by atoms with van der Waals surface area (Å²) in [5.41, 5.74) is 1.42. The molecule has 1 N–H and O–H groups in total. The number of hydrogen-bond donors (Lipinski definition) is 1. The first-order valence-corrected chi connectivity index (χ1v) is 11.8. The summed E-state index contributed by atoms with van der Waals surface area (Å²) in [6, 6.07) is 18.9. The highest BCUT2D eigenvalue weighted by atomic mass is 127. The molecular weight excluding hydrogens is 602 g/mol. The first kappa shape index (κ1) is 24.7. The molecule has 0 aliphatic rings. The first-order chi connectivity index (χ1) is 15.9. The van der Waals surface area contributed by atoms with E-state index in [4.69, 9.17) is 9.47 Å². The number of ether oxygens (including phenoxy) is 2. The summed E-state index contributed by atoms with van der Waals surface area (Å²) in [4.78, 5) is 12.5. The smallest absolute Gasteiger partial charge is 0.266 e. The Bertz CT molecular complexity index is 1220. The number of halogens is 3. The quantitative estimate of drug-likeness (QED) is 0.172. The van der Waals surface area contributed by atoms with Gasteiger partial charge in [-0.3, -0.25) is 4.79 Å². The summed E-state index contributed by atoms with van der Waals surface area (Å²) in [5.74, 6) is -0.207. The van der Waals surface area contributed by atoms with E-state index in [2.05, 4.69) is 43.8 Å². The predicted octanol–water partition coefficient (Wildman–Crippen LogP) is 6.72. The molecule has 33 heavy (non-hydrogen) atoms. The maximum atomic E-state index is 13.8. The summed E-state index contributed by atoms with van der Waals surface area (Å²) in [5, 5.41) is 11.9. The molecule has 0 aromatic heterocycles. The third-order valence-corrected chi connectivity index (χ3v) is 5.76. The van der Waals surface area contributed by atoms with Gasteiger partial charge < -0.3 is 14.8 Å². The number of carbonyl (C=O) groups excluding carboxylic acids is 1. The van der Waals surface area contributed by atoms with Gasteiger partial charge in [-0.25, -0.2) is 4.39 Å². The highest BCUT2D eigenvalue weighted by Crippen LogP contribution is 2.35. The number of carbonyl (C=O) groups is 1. The van der Waals surface area contributed by atoms with Crippen molar-refractivity contribution in [2.75, 3.05) is 11.9 Å². The highest BCUT2D eigenvalue weighted by Gasteiger charge is 2.15. The maximum Gasteiger partial charge on any atom is 0.266 e. The van der Waals surface area contributed by atoms with Gasteiger partial charge in [0, 0.05) is 4.47 Å². The van der Waals surface area contributed by atoms with E-state index < -0.39 is 11.7 Å². The first-order valence-electron chi connectivity index (χ1n) is 9.92. The van der Waals surface area contributed by atoms with Crippen molar-refractivity contribution < 1.29 is 18.7 Å². The molecule has 0 saturated heterocycles. The predicted molar refractivity (Wildman–Crippen MR) is 137 cm³/mol. The summed E-state index contributed by atoms with van der Waals surface area (Å²) in [7, 11) is 0. The second-order valence-corrected chi connectivity index (χ2v) is 8.86. The van der Waals surface area contributed by atoms with Gasteiger partial charge in [-0.2, -0.15) is 5.26 Å². The normalized spacial score (nSPS) is 10.9. The van der Waals surface area contributed by atoms with Gasteiger partial charge in [0.25, 0.3) is 5.91 Å². The lowest BCUT2D eigenvalue weighted by Gasteiger charge is -2.15. The number of anilines is 1. The molecule has 1 amide bonds. The van der Waals surface area contributed by atoms with Crippen LogP contribution in [0.1, 0.15) is 18.1 Å². The van der Waals surface area contributed by atoms with Crippen LogP contribution in [0.4, 0.5) is 10.1 Å². The van der Waals surface area contributed by atoms with E-state index in [1.807, 2.05) is 37.3 Å². The van der Waals surface area contributed by atoms with Crippen LogP contribution in [0.15, 0.2) is 70.7 Å². The number of benzene rings is 3. The van der Waals surface area contributed by atoms with E-state index in [9.17, 15) is 14.4 Å². The zero-order valence-corrected chi connectivity index (χ0v) is 21.3. The van der Waals surface area contributed by atoms with E-state index >= 15 is 0 Å². The molecule has 3 aromatic carbocycles. The molecule has 3 aromatic rings. The van der Waals surface area contributed by atoms with Crippen molar-refractivity contribution in [3.8, 4) is 17.6 Å². The molecule has 0 aliphatic heterocycles. The fourth-order valence-electron chi connectivity index (χ4n) is 2.88. The summed E-state index contributed by atoms with van der Waals surface area (Å²) in [6.07, 6.45) is 1.43. The second kappa shape index (κ2) is 11.8. The number of nitrogens with zero attached hydrogens (tertiary/aromatic N) is 1. The molecule has 0 radical (unpaired) electrons. The van der Waals surface area contributed by atoms with Crippen LogP contribution in [-0.2, 0) is 11.4 Å². The highest BCUT2D eigenvalue weighted by molar-refractivity contribution is 14.1. The molecule has 3 rings (SSSR count). The molecule has 0 bridgehead atoms. The minimum absolute atomic E-state index is 0.00456. The molecule has 0 saturated carbocycles. The largest absolute Gasteiger partial charge is 0.490 e. The lowest BCUT2D eigenvalue weighted by molar-refractivity contribution is -0.112. The maximum absolute atomic E-state index is 13.8. The Labute approximate surface area is 213 Å². The van der Waals surface area contributed by atoms with Crippen molar-refractivity contribution in [2.24, 2.45) is 0 Å². The minimum atomic E-state index is -0.703. The van der Waals surface area contributed by atoms with Crippen LogP contribution in [0, 0.1) is 20.7 Å². The standard InChI is InChI=1S/C25H19BrFIN2O3/c1-2-32-23-13-17(11-18(14-29)25(31)30-22-6-4-3-5-20(22)27)12-21(28)24(23)33-15-16-7-9-19(26)10-8-16/h3-13H,2,15H2,1H3,(H,30,31)/b18-11+. The van der Waals surface area contributed by atoms with Crippen LogP contribution in [0.25, 0.3) is 6.08 Å². The van der Waals surface area contributed by atoms with Crippen LogP contribution in [-0.4, -0.2) is 12.5 Å². The SMILES string of the molecule is CCOc1cc(/C=C(\C#N)C(=O)Nc2ccccc2F)cc(I)c1OCc1ccc(Br)cc1. The molecule has 0 fully saturated rings. The average Bonchev–Trinajstić information content (AvgIpc) is 2.79. The number of hydrogen-bond acceptors (Lipinski definition) is 4. The number of para-hydroxylation sites is 1. The summed E-state index contributed by atoms with van der Waals surface area (Å²) < 4.78 is 27.4. The number of nitrogens with one attached hydrogen (secondary N) is 1. The summed E-state index contributed by atoms with van der Waals surface area (Å²) >= 11 is 5.54. The van der Waals surface area contributed by atoms with Crippen molar-refractivity contribution >= 4 is 56.2 Å². The molecule has 0 spiro atoms. The minimum Gasteiger partial charge on any atom is -0.490 e. The van der Waals surface area contributed by atoms with E-state index in [0.717, 1.165) is 13.6 Å². The van der Waals surface area contributed by atoms with Gasteiger partial charge in [0.1, 0.15) is 24.1 Å². The fraction of sp³-hybridized carbons (Fsp3) is 0.120. The Balaban J connectivity index is 1.85. The molecule has 0 aliphatic carbocycles. The Morgan fingerprint density at radius 1 is 1.18 bits per heavy atom. The third-order valence-electron chi connectivity index (χ3n) is 4.43. The zero-order chi connectivity index (χ0) is 23.8. The Morgan fingerprint density at radius 3 is 2.58 bits per heavy atom. The van der Waals surface area contributed by atoms with Gasteiger partial charge in [-0.1, -0.05) is 40.2 Å². The fourth-order valence-corrected chi connectivity index (χ4v) is 3.92. The average molecular weight is 621 g/mol. The van der Waals surface area contributed by atoms with Crippen molar-refractivity contribution in [3.05, 3.63) is 91.2 Å². The lowest BCUT2D eigenvalue weighted by atomic mass is 10.1. The molecule has 5 nitrogen and oxygen atoms in total. The molecule has 0 heterocycles. The molecule has 168 valence electrons. The van der Waals surface area contributed by atoms with Crippen LogP contribution in [0.5, 0.6) is 11.5 Å². The van der Waals surface area contributed by atoms with E-state index in [1.165, 1.54) is 24.3 Å². The van der Waals surface area contributed by atoms with E-state index in [-0.39, 0.29) is 11.3 Å². The lowest BCUT2D eigenvalue weighted by Crippen LogP contribution is -2.14. The van der Waals surface area contributed by atoms with Gasteiger partial charge >= 0.3 is 0 Å². The number of nitriles is 1. The topological polar surface area (TPSA) is 71.3 Å². The van der Waals surface area contributed by atoms with Gasteiger partial charge in [0.05, 0.1) is 15.9 Å².